The van der Waals surface area contributed by atoms with Crippen LogP contribution in [0.15, 0.2) is 30.3 Å². The molecule has 0 saturated carbocycles. The number of hydrogen-bond acceptors (Lipinski definition) is 13. The Morgan fingerprint density at radius 3 is 1.77 bits per heavy atom. The molecule has 2 aliphatic heterocycles. The molecule has 0 spiro atoms. The number of aliphatic hydroxyl groups excluding tert-OH is 1. The largest absolute Gasteiger partial charge is 0.616 e. The molecule has 2 heterocycles. The highest BCUT2D eigenvalue weighted by molar-refractivity contribution is 7.92. The number of likely N-dealkylation sites (tertiary alicyclic amines) is 1. The van der Waals surface area contributed by atoms with E-state index in [1.807, 2.05) is 34.6 Å². The van der Waals surface area contributed by atoms with Gasteiger partial charge in [-0.15, -0.1) is 0 Å². The average Bonchev–Trinajstić information content (AvgIpc) is 3.55. The van der Waals surface area contributed by atoms with Gasteiger partial charge in [0, 0.05) is 54.7 Å². The van der Waals surface area contributed by atoms with Gasteiger partial charge in [-0.25, -0.2) is 0 Å². The molecule has 0 aliphatic carbocycles. The van der Waals surface area contributed by atoms with E-state index in [2.05, 4.69) is 21.3 Å². The molecular weight excluding hydrogens is 1080 g/mol. The minimum Gasteiger partial charge on any atom is -0.616 e. The number of benzene rings is 1. The zero-order chi connectivity index (χ0) is 62.1. The zero-order valence-corrected chi connectivity index (χ0v) is 52.3. The molecule has 462 valence electrons. The molecule has 2 saturated heterocycles. The van der Waals surface area contributed by atoms with Crippen LogP contribution in [0.4, 0.5) is 0 Å². The molecule has 1 unspecified atom stereocenters. The van der Waals surface area contributed by atoms with Gasteiger partial charge >= 0.3 is 0 Å². The molecule has 23 nitrogen and oxygen atoms in total. The van der Waals surface area contributed by atoms with Gasteiger partial charge in [0.2, 0.25) is 53.2 Å². The normalized spacial score (nSPS) is 26.8. The minimum atomic E-state index is -2.13. The highest BCUT2D eigenvalue weighted by atomic mass is 32.2. The number of amides is 10. The Balaban J connectivity index is 2.25. The maximum absolute atomic E-state index is 14.9. The molecule has 82 heavy (non-hydrogen) atoms. The number of piperidine rings is 1. The zero-order valence-electron chi connectivity index (χ0n) is 51.4. The topological polar surface area (TPSA) is 291 Å². The molecule has 24 heteroatoms. The van der Waals surface area contributed by atoms with Gasteiger partial charge in [0.1, 0.15) is 48.0 Å². The summed E-state index contributed by atoms with van der Waals surface area (Å²) in [5.41, 5.74) is -0.172. The summed E-state index contributed by atoms with van der Waals surface area (Å²) in [7, 11) is 6.77. The first-order valence-corrected chi connectivity index (χ1v) is 30.2. The number of nitrogens with zero attached hydrogens (tertiary/aromatic N) is 6. The lowest BCUT2D eigenvalue weighted by molar-refractivity contribution is -0.149. The van der Waals surface area contributed by atoms with E-state index >= 15 is 0 Å². The van der Waals surface area contributed by atoms with E-state index in [9.17, 15) is 57.6 Å². The van der Waals surface area contributed by atoms with E-state index in [4.69, 9.17) is 4.74 Å². The maximum Gasteiger partial charge on any atom is 0.272 e. The molecule has 1 aromatic carbocycles. The number of ether oxygens (including phenoxy) is 1. The summed E-state index contributed by atoms with van der Waals surface area (Å²) in [6.45, 7) is 18.6. The van der Waals surface area contributed by atoms with Crippen molar-refractivity contribution in [3.8, 4) is 0 Å². The number of likely N-dealkylation sites (N-methyl/N-ethyl adjacent to an activating group) is 5. The lowest BCUT2D eigenvalue weighted by Gasteiger charge is -2.37. The summed E-state index contributed by atoms with van der Waals surface area (Å²) < 4.78 is 20.3. The first kappa shape index (κ1) is 70.4. The number of aliphatic hydroxyl groups is 1. The molecule has 11 atom stereocenters. The van der Waals surface area contributed by atoms with Crippen molar-refractivity contribution in [1.82, 2.24) is 50.7 Å². The maximum atomic E-state index is 14.9. The van der Waals surface area contributed by atoms with E-state index in [-0.39, 0.29) is 37.7 Å². The number of carbonyl (C=O) groups excluding carboxylic acids is 10. The van der Waals surface area contributed by atoms with E-state index in [0.29, 0.717) is 37.9 Å². The van der Waals surface area contributed by atoms with Crippen molar-refractivity contribution in [3.63, 3.8) is 0 Å². The molecule has 0 aromatic heterocycles. The number of hydrogen-bond donors (Lipinski definition) is 5. The predicted octanol–water partition coefficient (Wildman–Crippen LogP) is 1.06. The van der Waals surface area contributed by atoms with Crippen molar-refractivity contribution >= 4 is 70.2 Å². The third kappa shape index (κ3) is 20.8. The van der Waals surface area contributed by atoms with Crippen LogP contribution in [0.5, 0.6) is 0 Å². The van der Waals surface area contributed by atoms with Crippen LogP contribution in [0.25, 0.3) is 0 Å². The monoisotopic (exact) mass is 1170 g/mol. The summed E-state index contributed by atoms with van der Waals surface area (Å²) in [4.78, 5) is 152. The van der Waals surface area contributed by atoms with Crippen molar-refractivity contribution in [1.29, 1.82) is 0 Å². The van der Waals surface area contributed by atoms with Gasteiger partial charge in [-0.1, -0.05) is 78.3 Å². The average molecular weight is 1170 g/mol. The van der Waals surface area contributed by atoms with E-state index < -0.39 is 154 Å². The Morgan fingerprint density at radius 2 is 1.23 bits per heavy atom. The minimum absolute atomic E-state index is 0.0475. The Morgan fingerprint density at radius 1 is 0.695 bits per heavy atom. The van der Waals surface area contributed by atoms with Crippen LogP contribution in [0.3, 0.4) is 0 Å². The Kier molecular flexibility index (Phi) is 27.7. The molecule has 0 radical (unpaired) electrons. The van der Waals surface area contributed by atoms with Crippen LogP contribution in [0.2, 0.25) is 0 Å². The standard InChI is InChI=1S/C58H96N10O13S/c1-17-37(6)49-53(75)61-43(56(78)68-26-22-19-23-27-68)33-82(80)34-47(71)64(13)38(7)50(72)59-41(30-40-24-20-18-21-25-40)54(76)66(15)45(29-36(4)5)52(74)62-48(39(8)69)57(79)63(12)31-46(70)65(14)44(28-35(2)3)51(73)60-42(55(77)67(49)16)32-81-58(9,10)11/h18,20-21,24-25,35-39,41-45,48-49,69H,17,19,22-23,26-34H2,1-16H3,(H,59,72)(H,60,73)(H,61,75)(H,62,74)/t37-,38-,39+,41-,42-,43-,44-,45+,48-,49-,82?/m0/s1. The van der Waals surface area contributed by atoms with Crippen molar-refractivity contribution in [3.05, 3.63) is 35.9 Å². The molecule has 0 bridgehead atoms. The van der Waals surface area contributed by atoms with Crippen LogP contribution < -0.4 is 21.3 Å². The number of nitrogens with one attached hydrogen (secondary N) is 4. The lowest BCUT2D eigenvalue weighted by atomic mass is 9.95. The van der Waals surface area contributed by atoms with Gasteiger partial charge in [-0.2, -0.15) is 0 Å². The van der Waals surface area contributed by atoms with Crippen LogP contribution in [0.1, 0.15) is 120 Å². The van der Waals surface area contributed by atoms with Crippen molar-refractivity contribution in [2.45, 2.75) is 181 Å². The highest BCUT2D eigenvalue weighted by Gasteiger charge is 2.43. The number of carbonyl (C=O) groups is 10. The van der Waals surface area contributed by atoms with Gasteiger partial charge < -0.3 is 65.1 Å². The quantitative estimate of drug-likeness (QED) is 0.183. The van der Waals surface area contributed by atoms with Gasteiger partial charge in [-0.05, 0) is 101 Å². The summed E-state index contributed by atoms with van der Waals surface area (Å²) in [6.07, 6.45) is 1.25. The summed E-state index contributed by atoms with van der Waals surface area (Å²) >= 11 is -2.13. The van der Waals surface area contributed by atoms with Crippen LogP contribution in [-0.4, -0.2) is 231 Å². The molecule has 5 N–H and O–H groups in total. The smallest absolute Gasteiger partial charge is 0.272 e. The fraction of sp³-hybridized carbons (Fsp3) is 0.724. The molecule has 2 fully saturated rings. The number of rotatable bonds is 12. The fourth-order valence-corrected chi connectivity index (χ4v) is 11.0. The summed E-state index contributed by atoms with van der Waals surface area (Å²) in [6, 6.07) is -2.00. The molecular formula is C58H96N10O13S. The first-order chi connectivity index (χ1) is 38.2. The Labute approximate surface area is 489 Å². The second-order valence-electron chi connectivity index (χ2n) is 24.1. The highest BCUT2D eigenvalue weighted by Crippen LogP contribution is 2.21. The fourth-order valence-electron chi connectivity index (χ4n) is 9.80. The lowest BCUT2D eigenvalue weighted by Crippen LogP contribution is -2.62. The van der Waals surface area contributed by atoms with Crippen LogP contribution in [-0.2, 0) is 70.3 Å². The second kappa shape index (κ2) is 32.3. The second-order valence-corrected chi connectivity index (χ2v) is 25.6. The summed E-state index contributed by atoms with van der Waals surface area (Å²) in [5.74, 6) is -9.47. The van der Waals surface area contributed by atoms with E-state index in [0.717, 1.165) is 26.0 Å². The first-order valence-electron chi connectivity index (χ1n) is 28.7. The van der Waals surface area contributed by atoms with Crippen molar-refractivity contribution < 1.29 is 62.3 Å². The van der Waals surface area contributed by atoms with Gasteiger partial charge in [0.25, 0.3) is 5.91 Å². The van der Waals surface area contributed by atoms with E-state index in [1.54, 1.807) is 62.9 Å². The van der Waals surface area contributed by atoms with Gasteiger partial charge in [-0.3, -0.25) is 47.9 Å². The predicted molar refractivity (Wildman–Crippen MR) is 311 cm³/mol. The molecule has 10 amide bonds. The third-order valence-corrected chi connectivity index (χ3v) is 16.4. The van der Waals surface area contributed by atoms with Gasteiger partial charge in [0.15, 0.2) is 11.8 Å². The molecule has 2 aliphatic rings. The summed E-state index contributed by atoms with van der Waals surface area (Å²) in [5, 5.41) is 22.0. The SMILES string of the molecule is CC[C@H](C)[C@H]1C(=O)N[C@H](C(=O)N2CCCCC2)C[S+]([O-])CC(=O)N(C)[C@@H](C)C(=O)N[C@@H](Cc2ccccc2)C(=O)N(C)[C@H](CC(C)C)C(=O)N[C@@H]([C@@H](C)O)C(=O)N(C)CC(=O)N(C)[C@@H](CC(C)C)C(=O)N[C@@H](COC(C)(C)C)C(=O)N1C. The third-order valence-electron chi connectivity index (χ3n) is 15.1. The molecule has 3 rings (SSSR count). The van der Waals surface area contributed by atoms with Gasteiger partial charge in [0.05, 0.1) is 24.9 Å². The van der Waals surface area contributed by atoms with Crippen molar-refractivity contribution in [2.24, 2.45) is 17.8 Å². The Hall–Kier alpha value is -5.85. The van der Waals surface area contributed by atoms with Crippen LogP contribution in [0, 0.1) is 17.8 Å². The molecule has 1 aromatic rings. The van der Waals surface area contributed by atoms with E-state index in [1.165, 1.54) is 54.0 Å². The van der Waals surface area contributed by atoms with Crippen molar-refractivity contribution in [2.75, 3.05) is 73.0 Å². The van der Waals surface area contributed by atoms with Crippen LogP contribution >= 0.6 is 0 Å². The Bertz CT molecular complexity index is 2350.